The van der Waals surface area contributed by atoms with Crippen molar-refractivity contribution >= 4 is 17.2 Å². The highest BCUT2D eigenvalue weighted by molar-refractivity contribution is 7.80. The second kappa shape index (κ2) is 6.66. The maximum Gasteiger partial charge on any atom is 0.169 e. The van der Waals surface area contributed by atoms with E-state index in [1.807, 2.05) is 18.7 Å². The molecule has 18 heavy (non-hydrogen) atoms. The molecule has 0 aliphatic heterocycles. The van der Waals surface area contributed by atoms with Gasteiger partial charge in [-0.15, -0.1) is 0 Å². The van der Waals surface area contributed by atoms with Gasteiger partial charge in [-0.25, -0.2) is 4.39 Å². The minimum absolute atomic E-state index is 0.233. The molecule has 0 aliphatic carbocycles. The zero-order valence-electron chi connectivity index (χ0n) is 10.9. The van der Waals surface area contributed by atoms with Crippen LogP contribution in [0.1, 0.15) is 19.4 Å². The summed E-state index contributed by atoms with van der Waals surface area (Å²) in [4.78, 5) is 2.42. The Morgan fingerprint density at radius 1 is 1.50 bits per heavy atom. The maximum atomic E-state index is 14.0. The lowest BCUT2D eigenvalue weighted by molar-refractivity contribution is 0.241. The van der Waals surface area contributed by atoms with Crippen molar-refractivity contribution in [2.75, 3.05) is 13.7 Å². The highest BCUT2D eigenvalue weighted by Gasteiger charge is 2.15. The summed E-state index contributed by atoms with van der Waals surface area (Å²) in [5, 5.41) is 0. The van der Waals surface area contributed by atoms with Gasteiger partial charge in [0.25, 0.3) is 0 Å². The molecule has 0 unspecified atom stereocenters. The Morgan fingerprint density at radius 3 is 2.67 bits per heavy atom. The Hall–Kier alpha value is -1.20. The molecule has 3 nitrogen and oxygen atoms in total. The van der Waals surface area contributed by atoms with Crippen molar-refractivity contribution in [3.8, 4) is 5.75 Å². The third kappa shape index (κ3) is 3.92. The Balaban J connectivity index is 2.90. The lowest BCUT2D eigenvalue weighted by atomic mass is 10.1. The molecule has 0 amide bonds. The van der Waals surface area contributed by atoms with Gasteiger partial charge in [-0.3, -0.25) is 4.90 Å². The van der Waals surface area contributed by atoms with Crippen LogP contribution in [0, 0.1) is 5.82 Å². The molecule has 5 heteroatoms. The lowest BCUT2D eigenvalue weighted by Gasteiger charge is -2.26. The van der Waals surface area contributed by atoms with Crippen LogP contribution in [0.2, 0.25) is 0 Å². The fraction of sp³-hybridized carbons (Fsp3) is 0.462. The van der Waals surface area contributed by atoms with Gasteiger partial charge >= 0.3 is 0 Å². The van der Waals surface area contributed by atoms with Crippen LogP contribution in [-0.2, 0) is 6.54 Å². The molecular weight excluding hydrogens is 251 g/mol. The molecule has 0 spiro atoms. The Morgan fingerprint density at radius 2 is 2.17 bits per heavy atom. The van der Waals surface area contributed by atoms with Crippen molar-refractivity contribution in [1.82, 2.24) is 4.90 Å². The molecule has 0 bridgehead atoms. The van der Waals surface area contributed by atoms with Crippen LogP contribution < -0.4 is 10.5 Å². The second-order valence-electron chi connectivity index (χ2n) is 4.40. The number of nitrogens with zero attached hydrogens (tertiary/aromatic N) is 1. The van der Waals surface area contributed by atoms with Crippen molar-refractivity contribution < 1.29 is 9.13 Å². The molecule has 1 aromatic carbocycles. The van der Waals surface area contributed by atoms with Crippen molar-refractivity contribution in [1.29, 1.82) is 0 Å². The average molecular weight is 270 g/mol. The fourth-order valence-corrected chi connectivity index (χ4v) is 1.84. The van der Waals surface area contributed by atoms with Gasteiger partial charge in [0, 0.05) is 24.7 Å². The second-order valence-corrected chi connectivity index (χ2v) is 4.92. The van der Waals surface area contributed by atoms with E-state index in [2.05, 4.69) is 0 Å². The molecular formula is C13H19FN2OS. The van der Waals surface area contributed by atoms with Crippen molar-refractivity contribution in [3.05, 3.63) is 29.6 Å². The molecule has 0 saturated heterocycles. The predicted molar refractivity (Wildman–Crippen MR) is 75.3 cm³/mol. The monoisotopic (exact) mass is 270 g/mol. The van der Waals surface area contributed by atoms with Gasteiger partial charge in [0.15, 0.2) is 11.6 Å². The van der Waals surface area contributed by atoms with Gasteiger partial charge in [0.1, 0.15) is 0 Å². The molecule has 0 saturated carbocycles. The fourth-order valence-electron chi connectivity index (χ4n) is 1.68. The summed E-state index contributed by atoms with van der Waals surface area (Å²) in [7, 11) is 1.46. The van der Waals surface area contributed by atoms with Crippen LogP contribution in [0.4, 0.5) is 4.39 Å². The summed E-state index contributed by atoms with van der Waals surface area (Å²) >= 11 is 4.91. The number of thiocarbonyl (C=S) groups is 1. The number of ether oxygens (including phenoxy) is 1. The van der Waals surface area contributed by atoms with Gasteiger partial charge in [0.05, 0.1) is 12.1 Å². The molecule has 100 valence electrons. The topological polar surface area (TPSA) is 38.5 Å². The molecule has 0 heterocycles. The summed E-state index contributed by atoms with van der Waals surface area (Å²) in [6.45, 7) is 4.98. The molecule has 1 aromatic rings. The van der Waals surface area contributed by atoms with Gasteiger partial charge < -0.3 is 10.5 Å². The molecule has 0 atom stereocenters. The van der Waals surface area contributed by atoms with E-state index < -0.39 is 0 Å². The first-order valence-electron chi connectivity index (χ1n) is 5.79. The van der Waals surface area contributed by atoms with E-state index in [1.54, 1.807) is 18.2 Å². The molecule has 0 aromatic heterocycles. The first kappa shape index (κ1) is 14.9. The van der Waals surface area contributed by atoms with Crippen LogP contribution in [0.15, 0.2) is 18.2 Å². The summed E-state index contributed by atoms with van der Waals surface area (Å²) in [5.41, 5.74) is 6.13. The number of halogens is 1. The van der Waals surface area contributed by atoms with Crippen molar-refractivity contribution in [2.45, 2.75) is 26.4 Å². The largest absolute Gasteiger partial charge is 0.494 e. The van der Waals surface area contributed by atoms with E-state index in [4.69, 9.17) is 22.7 Å². The number of hydrogen-bond donors (Lipinski definition) is 1. The summed E-state index contributed by atoms with van der Waals surface area (Å²) in [6, 6.07) is 5.35. The predicted octanol–water partition coefficient (Wildman–Crippen LogP) is 2.33. The number of hydrogen-bond acceptors (Lipinski definition) is 3. The first-order valence-corrected chi connectivity index (χ1v) is 6.20. The normalized spacial score (nSPS) is 11.0. The number of methoxy groups -OCH3 is 1. The van der Waals surface area contributed by atoms with E-state index in [0.29, 0.717) is 23.6 Å². The highest BCUT2D eigenvalue weighted by atomic mass is 32.1. The minimum Gasteiger partial charge on any atom is -0.494 e. The highest BCUT2D eigenvalue weighted by Crippen LogP contribution is 2.21. The molecule has 1 rings (SSSR count). The summed E-state index contributed by atoms with van der Waals surface area (Å²) in [6.07, 6.45) is 0. The van der Waals surface area contributed by atoms with Gasteiger partial charge in [-0.05, 0) is 19.9 Å². The number of benzene rings is 1. The first-order chi connectivity index (χ1) is 8.45. The Labute approximate surface area is 113 Å². The van der Waals surface area contributed by atoms with E-state index in [0.717, 1.165) is 0 Å². The van der Waals surface area contributed by atoms with Crippen LogP contribution >= 0.6 is 12.2 Å². The third-order valence-corrected chi connectivity index (χ3v) is 2.85. The van der Waals surface area contributed by atoms with E-state index in [9.17, 15) is 4.39 Å². The van der Waals surface area contributed by atoms with Crippen LogP contribution in [-0.4, -0.2) is 29.6 Å². The summed E-state index contributed by atoms with van der Waals surface area (Å²) in [5.74, 6) is -0.0693. The molecule has 0 radical (unpaired) electrons. The quantitative estimate of drug-likeness (QED) is 0.805. The van der Waals surface area contributed by atoms with Crippen LogP contribution in [0.25, 0.3) is 0 Å². The van der Waals surface area contributed by atoms with Gasteiger partial charge in [0.2, 0.25) is 0 Å². The zero-order chi connectivity index (χ0) is 13.7. The van der Waals surface area contributed by atoms with Gasteiger partial charge in [-0.2, -0.15) is 0 Å². The number of rotatable bonds is 6. The SMILES string of the molecule is COc1cccc(CN(CC(N)=S)C(C)C)c1F. The van der Waals surface area contributed by atoms with Gasteiger partial charge in [-0.1, -0.05) is 24.4 Å². The zero-order valence-corrected chi connectivity index (χ0v) is 11.8. The number of nitrogens with two attached hydrogens (primary N) is 1. The standard InChI is InChI=1S/C13H19FN2OS/c1-9(2)16(8-12(15)18)7-10-5-4-6-11(17-3)13(10)14/h4-6,9H,7-8H2,1-3H3,(H2,15,18). The maximum absolute atomic E-state index is 14.0. The third-order valence-electron chi connectivity index (χ3n) is 2.73. The summed E-state index contributed by atoms with van der Waals surface area (Å²) < 4.78 is 19.0. The lowest BCUT2D eigenvalue weighted by Crippen LogP contribution is -2.37. The molecule has 0 fully saturated rings. The van der Waals surface area contributed by atoms with E-state index >= 15 is 0 Å². The van der Waals surface area contributed by atoms with E-state index in [-0.39, 0.29) is 17.6 Å². The van der Waals surface area contributed by atoms with Crippen molar-refractivity contribution in [3.63, 3.8) is 0 Å². The molecule has 0 aliphatic rings. The minimum atomic E-state index is -0.325. The van der Waals surface area contributed by atoms with Crippen molar-refractivity contribution in [2.24, 2.45) is 5.73 Å². The average Bonchev–Trinajstić information content (AvgIpc) is 2.30. The Bertz CT molecular complexity index is 423. The van der Waals surface area contributed by atoms with Crippen LogP contribution in [0.3, 0.4) is 0 Å². The van der Waals surface area contributed by atoms with E-state index in [1.165, 1.54) is 7.11 Å². The smallest absolute Gasteiger partial charge is 0.169 e. The Kier molecular flexibility index (Phi) is 5.50. The van der Waals surface area contributed by atoms with Crippen LogP contribution in [0.5, 0.6) is 5.75 Å². The molecule has 2 N–H and O–H groups in total.